The van der Waals surface area contributed by atoms with Crippen LogP contribution in [0.15, 0.2) is 18.2 Å². The lowest BCUT2D eigenvalue weighted by molar-refractivity contribution is -0.115. The van der Waals surface area contributed by atoms with Crippen molar-refractivity contribution in [3.05, 3.63) is 23.8 Å². The molecule has 0 spiro atoms. The molecule has 3 nitrogen and oxygen atoms in total. The minimum atomic E-state index is 0.0804. The normalized spacial score (nSPS) is 15.3. The van der Waals surface area contributed by atoms with Crippen LogP contribution in [-0.4, -0.2) is 12.5 Å². The van der Waals surface area contributed by atoms with Crippen molar-refractivity contribution in [2.24, 2.45) is 0 Å². The zero-order chi connectivity index (χ0) is 9.26. The number of hydrogen-bond acceptors (Lipinski definition) is 2. The number of aryl methyl sites for hydroxylation is 1. The van der Waals surface area contributed by atoms with E-state index >= 15 is 0 Å². The molecule has 0 radical (unpaired) electrons. The summed E-state index contributed by atoms with van der Waals surface area (Å²) in [7, 11) is 0. The maximum atomic E-state index is 11.2. The molecule has 2 N–H and O–H groups in total. The average molecular weight is 176 g/mol. The topological polar surface area (TPSA) is 41.1 Å². The third kappa shape index (κ3) is 1.49. The molecular weight excluding hydrogens is 164 g/mol. The number of nitrogens with one attached hydrogen (secondary N) is 2. The van der Waals surface area contributed by atoms with Crippen LogP contribution in [0.1, 0.15) is 12.0 Å². The number of fused-ring (bicyclic) bond motifs is 1. The number of hydrogen-bond donors (Lipinski definition) is 2. The summed E-state index contributed by atoms with van der Waals surface area (Å²) in [5, 5.41) is 6.10. The van der Waals surface area contributed by atoms with Crippen molar-refractivity contribution in [2.45, 2.75) is 13.3 Å². The molecule has 3 heteroatoms. The maximum Gasteiger partial charge on any atom is 0.226 e. The average Bonchev–Trinajstić information content (AvgIpc) is 2.27. The predicted molar refractivity (Wildman–Crippen MR) is 52.9 cm³/mol. The molecule has 1 heterocycles. The lowest BCUT2D eigenvalue weighted by atomic mass is 10.1. The van der Waals surface area contributed by atoms with Gasteiger partial charge in [-0.3, -0.25) is 4.79 Å². The molecule has 1 aromatic carbocycles. The van der Waals surface area contributed by atoms with Crippen molar-refractivity contribution in [1.29, 1.82) is 0 Å². The van der Waals surface area contributed by atoms with Gasteiger partial charge in [-0.25, -0.2) is 0 Å². The quantitative estimate of drug-likeness (QED) is 0.632. The summed E-state index contributed by atoms with van der Waals surface area (Å²) in [6.45, 7) is 2.74. The molecule has 2 rings (SSSR count). The SMILES string of the molecule is Cc1cccc2c1NCCC(=O)N2. The first kappa shape index (κ1) is 8.10. The Hall–Kier alpha value is -1.51. The summed E-state index contributed by atoms with van der Waals surface area (Å²) in [6.07, 6.45) is 0.536. The molecule has 0 bridgehead atoms. The highest BCUT2D eigenvalue weighted by Crippen LogP contribution is 2.27. The number of rotatable bonds is 0. The van der Waals surface area contributed by atoms with Crippen LogP contribution in [0.4, 0.5) is 11.4 Å². The third-order valence-electron chi connectivity index (χ3n) is 2.20. The third-order valence-corrected chi connectivity index (χ3v) is 2.20. The van der Waals surface area contributed by atoms with Crippen LogP contribution in [0.3, 0.4) is 0 Å². The predicted octanol–water partition coefficient (Wildman–Crippen LogP) is 1.75. The van der Waals surface area contributed by atoms with Gasteiger partial charge in [0.15, 0.2) is 0 Å². The summed E-state index contributed by atoms with van der Waals surface area (Å²) in [4.78, 5) is 11.2. The van der Waals surface area contributed by atoms with E-state index in [1.54, 1.807) is 0 Å². The number of carbonyl (C=O) groups is 1. The van der Waals surface area contributed by atoms with Gasteiger partial charge in [0.05, 0.1) is 11.4 Å². The van der Waals surface area contributed by atoms with Crippen LogP contribution in [-0.2, 0) is 4.79 Å². The molecule has 0 aliphatic carbocycles. The largest absolute Gasteiger partial charge is 0.383 e. The zero-order valence-electron chi connectivity index (χ0n) is 7.55. The van der Waals surface area contributed by atoms with E-state index < -0.39 is 0 Å². The Kier molecular flexibility index (Phi) is 1.93. The van der Waals surface area contributed by atoms with E-state index in [0.29, 0.717) is 13.0 Å². The molecular formula is C10H12N2O. The Morgan fingerprint density at radius 1 is 1.38 bits per heavy atom. The van der Waals surface area contributed by atoms with Crippen LogP contribution in [0.25, 0.3) is 0 Å². The van der Waals surface area contributed by atoms with Crippen LogP contribution >= 0.6 is 0 Å². The highest BCUT2D eigenvalue weighted by atomic mass is 16.1. The van der Waals surface area contributed by atoms with Crippen molar-refractivity contribution >= 4 is 17.3 Å². The second-order valence-electron chi connectivity index (χ2n) is 3.22. The van der Waals surface area contributed by atoms with E-state index in [9.17, 15) is 4.79 Å². The summed E-state index contributed by atoms with van der Waals surface area (Å²) >= 11 is 0. The Bertz CT molecular complexity index is 347. The number of anilines is 2. The van der Waals surface area contributed by atoms with Crippen LogP contribution in [0, 0.1) is 6.92 Å². The van der Waals surface area contributed by atoms with Gasteiger partial charge in [-0.2, -0.15) is 0 Å². The monoisotopic (exact) mass is 176 g/mol. The Morgan fingerprint density at radius 3 is 3.08 bits per heavy atom. The van der Waals surface area contributed by atoms with Gasteiger partial charge in [-0.05, 0) is 18.6 Å². The van der Waals surface area contributed by atoms with Crippen LogP contribution in [0.2, 0.25) is 0 Å². The van der Waals surface area contributed by atoms with Crippen LogP contribution in [0.5, 0.6) is 0 Å². The number of amides is 1. The van der Waals surface area contributed by atoms with E-state index in [2.05, 4.69) is 10.6 Å². The molecule has 1 aliphatic heterocycles. The van der Waals surface area contributed by atoms with E-state index in [-0.39, 0.29) is 5.91 Å². The molecule has 0 atom stereocenters. The Balaban J connectivity index is 2.45. The van der Waals surface area contributed by atoms with E-state index in [0.717, 1.165) is 11.4 Å². The summed E-state index contributed by atoms with van der Waals surface area (Å²) < 4.78 is 0. The molecule has 1 amide bonds. The first-order valence-corrected chi connectivity index (χ1v) is 4.41. The van der Waals surface area contributed by atoms with Gasteiger partial charge in [0, 0.05) is 13.0 Å². The molecule has 0 saturated carbocycles. The molecule has 68 valence electrons. The van der Waals surface area contributed by atoms with Gasteiger partial charge < -0.3 is 10.6 Å². The minimum absolute atomic E-state index is 0.0804. The molecule has 13 heavy (non-hydrogen) atoms. The molecule has 0 fully saturated rings. The maximum absolute atomic E-state index is 11.2. The van der Waals surface area contributed by atoms with Crippen molar-refractivity contribution in [3.63, 3.8) is 0 Å². The van der Waals surface area contributed by atoms with Gasteiger partial charge >= 0.3 is 0 Å². The summed E-state index contributed by atoms with van der Waals surface area (Å²) in [6, 6.07) is 5.89. The summed E-state index contributed by atoms with van der Waals surface area (Å²) in [5.41, 5.74) is 3.11. The van der Waals surface area contributed by atoms with Gasteiger partial charge in [-0.1, -0.05) is 12.1 Å². The van der Waals surface area contributed by atoms with E-state index in [4.69, 9.17) is 0 Å². The first-order chi connectivity index (χ1) is 6.27. The summed E-state index contributed by atoms with van der Waals surface area (Å²) in [5.74, 6) is 0.0804. The molecule has 1 aromatic rings. The molecule has 0 unspecified atom stereocenters. The smallest absolute Gasteiger partial charge is 0.226 e. The second kappa shape index (κ2) is 3.09. The van der Waals surface area contributed by atoms with Crippen molar-refractivity contribution in [1.82, 2.24) is 0 Å². The molecule has 1 aliphatic rings. The van der Waals surface area contributed by atoms with Gasteiger partial charge in [-0.15, -0.1) is 0 Å². The fourth-order valence-corrected chi connectivity index (χ4v) is 1.52. The molecule has 0 saturated heterocycles. The lowest BCUT2D eigenvalue weighted by Gasteiger charge is -2.09. The fourth-order valence-electron chi connectivity index (χ4n) is 1.52. The fraction of sp³-hybridized carbons (Fsp3) is 0.300. The number of benzene rings is 1. The van der Waals surface area contributed by atoms with Gasteiger partial charge in [0.1, 0.15) is 0 Å². The molecule has 0 aromatic heterocycles. The minimum Gasteiger partial charge on any atom is -0.383 e. The van der Waals surface area contributed by atoms with Crippen LogP contribution < -0.4 is 10.6 Å². The van der Waals surface area contributed by atoms with Crippen molar-refractivity contribution < 1.29 is 4.79 Å². The highest BCUT2D eigenvalue weighted by molar-refractivity contribution is 5.96. The zero-order valence-corrected chi connectivity index (χ0v) is 7.55. The van der Waals surface area contributed by atoms with Gasteiger partial charge in [0.25, 0.3) is 0 Å². The number of carbonyl (C=O) groups excluding carboxylic acids is 1. The first-order valence-electron chi connectivity index (χ1n) is 4.41. The Morgan fingerprint density at radius 2 is 2.23 bits per heavy atom. The standard InChI is InChI=1S/C10H12N2O/c1-7-3-2-4-8-10(7)11-6-5-9(13)12-8/h2-4,11H,5-6H2,1H3,(H,12,13). The highest BCUT2D eigenvalue weighted by Gasteiger charge is 2.12. The number of para-hydroxylation sites is 1. The second-order valence-corrected chi connectivity index (χ2v) is 3.22. The van der Waals surface area contributed by atoms with E-state index in [1.807, 2.05) is 25.1 Å². The van der Waals surface area contributed by atoms with Gasteiger partial charge in [0.2, 0.25) is 5.91 Å². The van der Waals surface area contributed by atoms with Crippen molar-refractivity contribution in [2.75, 3.05) is 17.2 Å². The van der Waals surface area contributed by atoms with Crippen molar-refractivity contribution in [3.8, 4) is 0 Å². The lowest BCUT2D eigenvalue weighted by Crippen LogP contribution is -2.10. The Labute approximate surface area is 77.1 Å². The van der Waals surface area contributed by atoms with E-state index in [1.165, 1.54) is 5.56 Å².